The van der Waals surface area contributed by atoms with Crippen LogP contribution in [0.3, 0.4) is 0 Å². The van der Waals surface area contributed by atoms with Gasteiger partial charge in [-0.3, -0.25) is 0 Å². The highest BCUT2D eigenvalue weighted by Crippen LogP contribution is 2.33. The molecule has 0 nitrogen and oxygen atoms in total. The number of benzene rings is 1. The predicted octanol–water partition coefficient (Wildman–Crippen LogP) is 4.88. The van der Waals surface area contributed by atoms with Crippen LogP contribution in [0.1, 0.15) is 24.5 Å². The van der Waals surface area contributed by atoms with Crippen molar-refractivity contribution in [3.8, 4) is 0 Å². The minimum absolute atomic E-state index is 0.351. The van der Waals surface area contributed by atoms with Crippen LogP contribution in [0.5, 0.6) is 0 Å². The normalized spacial score (nSPS) is 12.9. The molecule has 94 valence electrons. The Balaban J connectivity index is 3.13. The van der Waals surface area contributed by atoms with Crippen LogP contribution in [-0.2, 0) is 6.18 Å². The highest BCUT2D eigenvalue weighted by Gasteiger charge is 2.34. The summed E-state index contributed by atoms with van der Waals surface area (Å²) in [5, 5.41) is 0. The second-order valence-corrected chi connectivity index (χ2v) is 3.94. The van der Waals surface area contributed by atoms with Crippen molar-refractivity contribution in [1.29, 1.82) is 0 Å². The van der Waals surface area contributed by atoms with E-state index in [1.807, 2.05) is 0 Å². The van der Waals surface area contributed by atoms with Gasteiger partial charge in [0.1, 0.15) is 5.82 Å². The molecule has 0 amide bonds. The van der Waals surface area contributed by atoms with Gasteiger partial charge in [-0.1, -0.05) is 12.1 Å². The fourth-order valence-corrected chi connectivity index (χ4v) is 1.49. The van der Waals surface area contributed by atoms with Gasteiger partial charge in [-0.25, -0.2) is 4.39 Å². The zero-order chi connectivity index (χ0) is 13.1. The fourth-order valence-electron chi connectivity index (χ4n) is 1.38. The molecular weight excluding hydrogens is 256 g/mol. The lowest BCUT2D eigenvalue weighted by molar-refractivity contribution is -0.140. The van der Waals surface area contributed by atoms with E-state index in [1.54, 1.807) is 13.0 Å². The van der Waals surface area contributed by atoms with E-state index in [9.17, 15) is 17.6 Å². The van der Waals surface area contributed by atoms with E-state index in [1.165, 1.54) is 6.07 Å². The van der Waals surface area contributed by atoms with Crippen molar-refractivity contribution in [1.82, 2.24) is 0 Å². The van der Waals surface area contributed by atoms with Gasteiger partial charge in [0.2, 0.25) is 0 Å². The maximum atomic E-state index is 13.0. The van der Waals surface area contributed by atoms with Gasteiger partial charge in [0.05, 0.1) is 5.56 Å². The Labute approximate surface area is 102 Å². The molecule has 0 aliphatic carbocycles. The molecule has 0 radical (unpaired) electrons. The van der Waals surface area contributed by atoms with Crippen LogP contribution in [0, 0.1) is 5.82 Å². The summed E-state index contributed by atoms with van der Waals surface area (Å²) in [5.74, 6) is -0.864. The standard InChI is InChI=1S/C12H11ClF4/c1-8(3-2-6-13)9-4-5-11(14)10(7-9)12(15,16)17/h3-5,7H,2,6H2,1H3/b8-3-. The van der Waals surface area contributed by atoms with Crippen molar-refractivity contribution in [3.63, 3.8) is 0 Å². The molecule has 0 N–H and O–H groups in total. The average molecular weight is 267 g/mol. The molecule has 0 saturated heterocycles. The molecule has 5 heteroatoms. The summed E-state index contributed by atoms with van der Waals surface area (Å²) >= 11 is 5.48. The SMILES string of the molecule is C/C(=C/CCCl)c1ccc(F)c(C(F)(F)F)c1. The van der Waals surface area contributed by atoms with E-state index in [-0.39, 0.29) is 0 Å². The number of hydrogen-bond donors (Lipinski definition) is 0. The van der Waals surface area contributed by atoms with Crippen LogP contribution >= 0.6 is 11.6 Å². The predicted molar refractivity (Wildman–Crippen MR) is 60.4 cm³/mol. The maximum absolute atomic E-state index is 13.0. The maximum Gasteiger partial charge on any atom is 0.419 e. The summed E-state index contributed by atoms with van der Waals surface area (Å²) in [7, 11) is 0. The van der Waals surface area contributed by atoms with Crippen molar-refractivity contribution in [2.24, 2.45) is 0 Å². The van der Waals surface area contributed by atoms with Gasteiger partial charge < -0.3 is 0 Å². The summed E-state index contributed by atoms with van der Waals surface area (Å²) in [6, 6.07) is 2.97. The van der Waals surface area contributed by atoms with E-state index < -0.39 is 17.6 Å². The number of allylic oxidation sites excluding steroid dienone is 2. The molecule has 1 aromatic rings. The Morgan fingerprint density at radius 1 is 1.35 bits per heavy atom. The minimum Gasteiger partial charge on any atom is -0.206 e. The van der Waals surface area contributed by atoms with Crippen molar-refractivity contribution < 1.29 is 17.6 Å². The summed E-state index contributed by atoms with van der Waals surface area (Å²) in [4.78, 5) is 0. The first-order valence-electron chi connectivity index (χ1n) is 4.96. The monoisotopic (exact) mass is 266 g/mol. The Morgan fingerprint density at radius 2 is 2.00 bits per heavy atom. The van der Waals surface area contributed by atoms with Gasteiger partial charge in [-0.2, -0.15) is 13.2 Å². The van der Waals surface area contributed by atoms with Crippen LogP contribution in [0.15, 0.2) is 24.3 Å². The van der Waals surface area contributed by atoms with Crippen LogP contribution < -0.4 is 0 Å². The van der Waals surface area contributed by atoms with Crippen molar-refractivity contribution in [3.05, 3.63) is 41.2 Å². The highest BCUT2D eigenvalue weighted by molar-refractivity contribution is 6.17. The molecule has 0 bridgehead atoms. The van der Waals surface area contributed by atoms with Crippen molar-refractivity contribution in [2.75, 3.05) is 5.88 Å². The summed E-state index contributed by atoms with van der Waals surface area (Å²) < 4.78 is 50.4. The highest BCUT2D eigenvalue weighted by atomic mass is 35.5. The van der Waals surface area contributed by atoms with Crippen LogP contribution in [-0.4, -0.2) is 5.88 Å². The molecule has 0 aliphatic heterocycles. The molecule has 0 saturated carbocycles. The summed E-state index contributed by atoms with van der Waals surface area (Å²) in [5.41, 5.74) is -0.242. The third-order valence-corrected chi connectivity index (χ3v) is 2.50. The lowest BCUT2D eigenvalue weighted by Crippen LogP contribution is -2.08. The van der Waals surface area contributed by atoms with Crippen molar-refractivity contribution in [2.45, 2.75) is 19.5 Å². The topological polar surface area (TPSA) is 0 Å². The van der Waals surface area contributed by atoms with E-state index >= 15 is 0 Å². The zero-order valence-corrected chi connectivity index (χ0v) is 9.87. The number of rotatable bonds is 3. The van der Waals surface area contributed by atoms with Gasteiger partial charge in [-0.15, -0.1) is 11.6 Å². The number of hydrogen-bond acceptors (Lipinski definition) is 0. The summed E-state index contributed by atoms with van der Waals surface area (Å²) in [6.07, 6.45) is -2.39. The quantitative estimate of drug-likeness (QED) is 0.540. The Bertz CT molecular complexity index is 421. The lowest BCUT2D eigenvalue weighted by atomic mass is 10.0. The minimum atomic E-state index is -4.67. The molecule has 1 rings (SSSR count). The molecule has 0 aliphatic rings. The zero-order valence-electron chi connectivity index (χ0n) is 9.11. The molecule has 0 fully saturated rings. The van der Waals surface area contributed by atoms with Gasteiger partial charge in [0, 0.05) is 5.88 Å². The molecular formula is C12H11ClF4. The first-order chi connectivity index (χ1) is 7.86. The van der Waals surface area contributed by atoms with Gasteiger partial charge in [0.25, 0.3) is 0 Å². The van der Waals surface area contributed by atoms with E-state index in [0.717, 1.165) is 12.1 Å². The molecule has 1 aromatic carbocycles. The van der Waals surface area contributed by atoms with Gasteiger partial charge in [0.15, 0.2) is 0 Å². The van der Waals surface area contributed by atoms with E-state index in [4.69, 9.17) is 11.6 Å². The lowest BCUT2D eigenvalue weighted by Gasteiger charge is -2.10. The third kappa shape index (κ3) is 3.73. The number of alkyl halides is 4. The van der Waals surface area contributed by atoms with Crippen LogP contribution in [0.25, 0.3) is 5.57 Å². The Morgan fingerprint density at radius 3 is 2.53 bits per heavy atom. The van der Waals surface area contributed by atoms with E-state index in [0.29, 0.717) is 23.4 Å². The molecule has 0 atom stereocenters. The molecule has 0 unspecified atom stereocenters. The molecule has 0 heterocycles. The first-order valence-corrected chi connectivity index (χ1v) is 5.49. The van der Waals surface area contributed by atoms with Gasteiger partial charge in [-0.05, 0) is 36.6 Å². The summed E-state index contributed by atoms with van der Waals surface area (Å²) in [6.45, 7) is 1.67. The largest absolute Gasteiger partial charge is 0.419 e. The second kappa shape index (κ2) is 5.54. The van der Waals surface area contributed by atoms with Gasteiger partial charge >= 0.3 is 6.18 Å². The molecule has 17 heavy (non-hydrogen) atoms. The van der Waals surface area contributed by atoms with Crippen molar-refractivity contribution >= 4 is 17.2 Å². The van der Waals surface area contributed by atoms with Crippen LogP contribution in [0.2, 0.25) is 0 Å². The molecule has 0 aromatic heterocycles. The second-order valence-electron chi connectivity index (χ2n) is 3.56. The number of halogens is 5. The Kier molecular flexibility index (Phi) is 4.57. The molecule has 0 spiro atoms. The van der Waals surface area contributed by atoms with Crippen LogP contribution in [0.4, 0.5) is 17.6 Å². The average Bonchev–Trinajstić information content (AvgIpc) is 2.25. The Hall–Kier alpha value is -1.03. The third-order valence-electron chi connectivity index (χ3n) is 2.29. The first kappa shape index (κ1) is 14.0. The smallest absolute Gasteiger partial charge is 0.206 e. The fraction of sp³-hybridized carbons (Fsp3) is 0.333. The van der Waals surface area contributed by atoms with E-state index in [2.05, 4.69) is 0 Å².